The van der Waals surface area contributed by atoms with Gasteiger partial charge in [-0.05, 0) is 13.0 Å². The number of nitrogen functional groups attached to an aromatic ring is 1. The smallest absolute Gasteiger partial charge is 0.255 e. The first-order chi connectivity index (χ1) is 9.80. The fraction of sp³-hybridized carbons (Fsp3) is 0.417. The van der Waals surface area contributed by atoms with Crippen LogP contribution in [0.2, 0.25) is 5.02 Å². The van der Waals surface area contributed by atoms with Crippen LogP contribution in [0.15, 0.2) is 12.1 Å². The number of hydrogen-bond acceptors (Lipinski definition) is 5. The van der Waals surface area contributed by atoms with Gasteiger partial charge in [0, 0.05) is 19.2 Å². The van der Waals surface area contributed by atoms with Gasteiger partial charge in [-0.2, -0.15) is 0 Å². The molecule has 0 fully saturated rings. The van der Waals surface area contributed by atoms with E-state index >= 15 is 0 Å². The summed E-state index contributed by atoms with van der Waals surface area (Å²) in [7, 11) is -1.86. The fourth-order valence-electron chi connectivity index (χ4n) is 1.50. The summed E-state index contributed by atoms with van der Waals surface area (Å²) in [6, 6.07) is 2.86. The first-order valence-corrected chi connectivity index (χ1v) is 8.22. The number of carbonyl (C=O) groups is 1. The van der Waals surface area contributed by atoms with Gasteiger partial charge in [0.2, 0.25) is 10.0 Å². The average Bonchev–Trinajstić information content (AvgIpc) is 2.45. The van der Waals surface area contributed by atoms with Crippen LogP contribution in [0.5, 0.6) is 5.75 Å². The molecule has 1 aromatic carbocycles. The number of anilines is 1. The number of ether oxygens (including phenoxy) is 1. The Morgan fingerprint density at radius 2 is 2.05 bits per heavy atom. The molecule has 0 spiro atoms. The molecular weight excluding hydrogens is 318 g/mol. The van der Waals surface area contributed by atoms with Crippen LogP contribution < -0.4 is 20.5 Å². The Morgan fingerprint density at radius 3 is 2.62 bits per heavy atom. The molecule has 0 aromatic heterocycles. The van der Waals surface area contributed by atoms with Crippen molar-refractivity contribution in [2.75, 3.05) is 31.7 Å². The van der Waals surface area contributed by atoms with Crippen molar-refractivity contribution in [3.8, 4) is 5.75 Å². The Kier molecular flexibility index (Phi) is 6.25. The lowest BCUT2D eigenvalue weighted by Gasteiger charge is -2.11. The second kappa shape index (κ2) is 7.48. The maximum atomic E-state index is 12.0. The largest absolute Gasteiger partial charge is 0.496 e. The number of methoxy groups -OCH3 is 1. The van der Waals surface area contributed by atoms with Crippen molar-refractivity contribution in [2.45, 2.75) is 6.92 Å². The van der Waals surface area contributed by atoms with Gasteiger partial charge < -0.3 is 15.8 Å². The molecule has 118 valence electrons. The second-order valence-electron chi connectivity index (χ2n) is 4.13. The van der Waals surface area contributed by atoms with Crippen LogP contribution in [0.4, 0.5) is 5.69 Å². The SMILES string of the molecule is CCS(=O)(=O)NCCNC(=O)c1cc(Cl)c(N)cc1OC. The van der Waals surface area contributed by atoms with Crippen molar-refractivity contribution in [3.05, 3.63) is 22.7 Å². The Labute approximate surface area is 128 Å². The molecule has 0 heterocycles. The van der Waals surface area contributed by atoms with E-state index in [9.17, 15) is 13.2 Å². The van der Waals surface area contributed by atoms with Crippen LogP contribution in [0.1, 0.15) is 17.3 Å². The number of benzene rings is 1. The van der Waals surface area contributed by atoms with Gasteiger partial charge in [-0.25, -0.2) is 13.1 Å². The molecule has 0 unspecified atom stereocenters. The minimum Gasteiger partial charge on any atom is -0.496 e. The number of hydrogen-bond donors (Lipinski definition) is 3. The van der Waals surface area contributed by atoms with Crippen molar-refractivity contribution in [3.63, 3.8) is 0 Å². The van der Waals surface area contributed by atoms with E-state index in [0.717, 1.165) is 0 Å². The summed E-state index contributed by atoms with van der Waals surface area (Å²) < 4.78 is 29.9. The molecule has 21 heavy (non-hydrogen) atoms. The van der Waals surface area contributed by atoms with E-state index in [0.29, 0.717) is 11.4 Å². The van der Waals surface area contributed by atoms with Crippen molar-refractivity contribution in [1.29, 1.82) is 0 Å². The minimum atomic E-state index is -3.27. The maximum Gasteiger partial charge on any atom is 0.255 e. The molecule has 7 nitrogen and oxygen atoms in total. The molecule has 0 aliphatic carbocycles. The van der Waals surface area contributed by atoms with Gasteiger partial charge in [0.15, 0.2) is 0 Å². The molecule has 1 amide bonds. The lowest BCUT2D eigenvalue weighted by atomic mass is 10.1. The van der Waals surface area contributed by atoms with E-state index in [4.69, 9.17) is 22.1 Å². The molecule has 0 bridgehead atoms. The summed E-state index contributed by atoms with van der Waals surface area (Å²) in [5.74, 6) is -0.143. The van der Waals surface area contributed by atoms with E-state index in [1.54, 1.807) is 0 Å². The summed E-state index contributed by atoms with van der Waals surface area (Å²) in [5.41, 5.74) is 6.17. The van der Waals surface area contributed by atoms with Crippen LogP contribution >= 0.6 is 11.6 Å². The van der Waals surface area contributed by atoms with Crippen molar-refractivity contribution >= 4 is 33.2 Å². The highest BCUT2D eigenvalue weighted by Gasteiger charge is 2.15. The van der Waals surface area contributed by atoms with Crippen molar-refractivity contribution in [2.24, 2.45) is 0 Å². The summed E-state index contributed by atoms with van der Waals surface area (Å²) in [4.78, 5) is 12.0. The normalized spacial score (nSPS) is 11.2. The highest BCUT2D eigenvalue weighted by atomic mass is 35.5. The van der Waals surface area contributed by atoms with E-state index in [-0.39, 0.29) is 29.4 Å². The van der Waals surface area contributed by atoms with Crippen LogP contribution in [-0.2, 0) is 10.0 Å². The van der Waals surface area contributed by atoms with Crippen molar-refractivity contribution < 1.29 is 17.9 Å². The average molecular weight is 336 g/mol. The quantitative estimate of drug-likeness (QED) is 0.499. The predicted molar refractivity (Wildman–Crippen MR) is 82.2 cm³/mol. The Balaban J connectivity index is 2.66. The summed E-state index contributed by atoms with van der Waals surface area (Å²) >= 11 is 5.87. The number of sulfonamides is 1. The molecule has 1 aromatic rings. The molecule has 0 radical (unpaired) electrons. The highest BCUT2D eigenvalue weighted by molar-refractivity contribution is 7.89. The van der Waals surface area contributed by atoms with Crippen LogP contribution in [0.3, 0.4) is 0 Å². The van der Waals surface area contributed by atoms with Crippen LogP contribution in [0.25, 0.3) is 0 Å². The third-order valence-electron chi connectivity index (χ3n) is 2.68. The molecule has 0 atom stereocenters. The fourth-order valence-corrected chi connectivity index (χ4v) is 2.28. The highest BCUT2D eigenvalue weighted by Crippen LogP contribution is 2.28. The van der Waals surface area contributed by atoms with Gasteiger partial charge in [0.25, 0.3) is 5.91 Å². The third-order valence-corrected chi connectivity index (χ3v) is 4.41. The standard InChI is InChI=1S/C12H18ClN3O4S/c1-3-21(18,19)16-5-4-15-12(17)8-6-9(13)10(14)7-11(8)20-2/h6-7,16H,3-5,14H2,1-2H3,(H,15,17). The zero-order chi connectivity index (χ0) is 16.0. The minimum absolute atomic E-state index is 0.0116. The Bertz CT molecular complexity index is 619. The molecular formula is C12H18ClN3O4S. The van der Waals surface area contributed by atoms with Gasteiger partial charge in [0.05, 0.1) is 29.1 Å². The van der Waals surface area contributed by atoms with Crippen molar-refractivity contribution in [1.82, 2.24) is 10.0 Å². The lowest BCUT2D eigenvalue weighted by Crippen LogP contribution is -2.35. The van der Waals surface area contributed by atoms with E-state index in [1.807, 2.05) is 0 Å². The van der Waals surface area contributed by atoms with E-state index in [1.165, 1.54) is 26.2 Å². The first-order valence-electron chi connectivity index (χ1n) is 6.19. The molecule has 0 aliphatic rings. The summed E-state index contributed by atoms with van der Waals surface area (Å²) in [6.07, 6.45) is 0. The summed E-state index contributed by atoms with van der Waals surface area (Å²) in [6.45, 7) is 1.78. The molecule has 4 N–H and O–H groups in total. The lowest BCUT2D eigenvalue weighted by molar-refractivity contribution is 0.0951. The van der Waals surface area contributed by atoms with Gasteiger partial charge >= 0.3 is 0 Å². The number of nitrogens with two attached hydrogens (primary N) is 1. The molecule has 0 saturated heterocycles. The second-order valence-corrected chi connectivity index (χ2v) is 6.63. The van der Waals surface area contributed by atoms with E-state index < -0.39 is 15.9 Å². The number of nitrogens with one attached hydrogen (secondary N) is 2. The zero-order valence-corrected chi connectivity index (χ0v) is 13.3. The third kappa shape index (κ3) is 5.07. The van der Waals surface area contributed by atoms with Crippen LogP contribution in [0, 0.1) is 0 Å². The molecule has 0 saturated carbocycles. The molecule has 0 aliphatic heterocycles. The number of carbonyl (C=O) groups excluding carboxylic acids is 1. The number of amides is 1. The Morgan fingerprint density at radius 1 is 1.38 bits per heavy atom. The van der Waals surface area contributed by atoms with Gasteiger partial charge in [0.1, 0.15) is 5.75 Å². The van der Waals surface area contributed by atoms with Crippen LogP contribution in [-0.4, -0.2) is 40.3 Å². The van der Waals surface area contributed by atoms with Gasteiger partial charge in [-0.1, -0.05) is 11.6 Å². The van der Waals surface area contributed by atoms with Gasteiger partial charge in [-0.3, -0.25) is 4.79 Å². The monoisotopic (exact) mass is 335 g/mol. The van der Waals surface area contributed by atoms with E-state index in [2.05, 4.69) is 10.0 Å². The first kappa shape index (κ1) is 17.5. The number of halogens is 1. The Hall–Kier alpha value is -1.51. The maximum absolute atomic E-state index is 12.0. The number of rotatable bonds is 7. The molecule has 9 heteroatoms. The predicted octanol–water partition coefficient (Wildman–Crippen LogP) is 0.600. The van der Waals surface area contributed by atoms with Gasteiger partial charge in [-0.15, -0.1) is 0 Å². The summed E-state index contributed by atoms with van der Waals surface area (Å²) in [5, 5.41) is 2.81. The topological polar surface area (TPSA) is 111 Å². The molecule has 1 rings (SSSR count). The zero-order valence-electron chi connectivity index (χ0n) is 11.8.